The third kappa shape index (κ3) is 4.92. The summed E-state index contributed by atoms with van der Waals surface area (Å²) in [6.07, 6.45) is 3.35. The fourth-order valence-electron chi connectivity index (χ4n) is 1.45. The van der Waals surface area contributed by atoms with Crippen LogP contribution in [0.4, 0.5) is 0 Å². The number of carbonyl (C=O) groups excluding carboxylic acids is 1. The Kier molecular flexibility index (Phi) is 5.79. The molecule has 98 valence electrons. The molecule has 0 aliphatic heterocycles. The Hall–Kier alpha value is -1.95. The Morgan fingerprint density at radius 2 is 2.28 bits per heavy atom. The van der Waals surface area contributed by atoms with E-state index >= 15 is 0 Å². The lowest BCUT2D eigenvalue weighted by molar-refractivity contribution is -0.144. The SMILES string of the molecule is COCCN(CC(=O)O)C(=O)Cc1cccnc1. The first-order valence-corrected chi connectivity index (χ1v) is 5.51. The number of aliphatic carboxylic acids is 1. The van der Waals surface area contributed by atoms with Gasteiger partial charge in [-0.05, 0) is 11.6 Å². The van der Waals surface area contributed by atoms with E-state index in [0.29, 0.717) is 6.61 Å². The number of hydrogen-bond donors (Lipinski definition) is 1. The van der Waals surface area contributed by atoms with Crippen molar-refractivity contribution in [2.24, 2.45) is 0 Å². The number of aromatic nitrogens is 1. The molecule has 0 unspecified atom stereocenters. The second-order valence-corrected chi connectivity index (χ2v) is 3.74. The number of pyridine rings is 1. The molecule has 1 rings (SSSR count). The minimum absolute atomic E-state index is 0.144. The number of carboxylic acids is 1. The van der Waals surface area contributed by atoms with Crippen molar-refractivity contribution in [1.82, 2.24) is 9.88 Å². The number of methoxy groups -OCH3 is 1. The Morgan fingerprint density at radius 3 is 2.83 bits per heavy atom. The van der Waals surface area contributed by atoms with Crippen LogP contribution in [0.5, 0.6) is 0 Å². The van der Waals surface area contributed by atoms with Crippen LogP contribution >= 0.6 is 0 Å². The molecule has 0 atom stereocenters. The van der Waals surface area contributed by atoms with Crippen LogP contribution in [0.1, 0.15) is 5.56 Å². The van der Waals surface area contributed by atoms with E-state index in [2.05, 4.69) is 4.98 Å². The Morgan fingerprint density at radius 1 is 1.50 bits per heavy atom. The first kappa shape index (κ1) is 14.1. The molecule has 1 heterocycles. The quantitative estimate of drug-likeness (QED) is 0.749. The fourth-order valence-corrected chi connectivity index (χ4v) is 1.45. The number of amides is 1. The van der Waals surface area contributed by atoms with E-state index in [1.54, 1.807) is 24.5 Å². The summed E-state index contributed by atoms with van der Waals surface area (Å²) in [4.78, 5) is 27.8. The maximum atomic E-state index is 11.9. The molecule has 6 heteroatoms. The van der Waals surface area contributed by atoms with Crippen LogP contribution in [-0.4, -0.2) is 53.7 Å². The molecule has 0 bridgehead atoms. The molecule has 0 saturated heterocycles. The summed E-state index contributed by atoms with van der Waals surface area (Å²) < 4.78 is 4.86. The highest BCUT2D eigenvalue weighted by atomic mass is 16.5. The highest BCUT2D eigenvalue weighted by Gasteiger charge is 2.16. The Bertz CT molecular complexity index is 394. The topological polar surface area (TPSA) is 79.7 Å². The molecule has 0 aliphatic carbocycles. The van der Waals surface area contributed by atoms with Crippen LogP contribution in [0.2, 0.25) is 0 Å². The van der Waals surface area contributed by atoms with Gasteiger partial charge in [-0.1, -0.05) is 6.07 Å². The summed E-state index contributed by atoms with van der Waals surface area (Å²) in [6, 6.07) is 3.51. The number of ether oxygens (including phenoxy) is 1. The number of rotatable bonds is 7. The lowest BCUT2D eigenvalue weighted by Crippen LogP contribution is -2.38. The number of carbonyl (C=O) groups is 2. The molecule has 6 nitrogen and oxygen atoms in total. The normalized spacial score (nSPS) is 10.1. The van der Waals surface area contributed by atoms with Crippen LogP contribution in [0.3, 0.4) is 0 Å². The molecular formula is C12H16N2O4. The standard InChI is InChI=1S/C12H16N2O4/c1-18-6-5-14(9-12(16)17)11(15)7-10-3-2-4-13-8-10/h2-4,8H,5-7,9H2,1H3,(H,16,17). The molecule has 0 aliphatic rings. The summed E-state index contributed by atoms with van der Waals surface area (Å²) in [5.41, 5.74) is 0.760. The second kappa shape index (κ2) is 7.39. The minimum atomic E-state index is -1.04. The summed E-state index contributed by atoms with van der Waals surface area (Å²) >= 11 is 0. The molecule has 18 heavy (non-hydrogen) atoms. The van der Waals surface area contributed by atoms with Crippen molar-refractivity contribution in [3.63, 3.8) is 0 Å². The van der Waals surface area contributed by atoms with E-state index in [0.717, 1.165) is 5.56 Å². The average molecular weight is 252 g/mol. The van der Waals surface area contributed by atoms with Crippen molar-refractivity contribution in [2.45, 2.75) is 6.42 Å². The van der Waals surface area contributed by atoms with Crippen molar-refractivity contribution in [3.05, 3.63) is 30.1 Å². The van der Waals surface area contributed by atoms with Gasteiger partial charge in [0.15, 0.2) is 0 Å². The summed E-state index contributed by atoms with van der Waals surface area (Å²) in [7, 11) is 1.50. The van der Waals surface area contributed by atoms with Crippen molar-refractivity contribution < 1.29 is 19.4 Å². The fraction of sp³-hybridized carbons (Fsp3) is 0.417. The molecule has 1 amide bonds. The molecule has 1 aromatic rings. The van der Waals surface area contributed by atoms with Gasteiger partial charge in [0.2, 0.25) is 5.91 Å². The summed E-state index contributed by atoms with van der Waals surface area (Å²) in [5.74, 6) is -1.28. The van der Waals surface area contributed by atoms with Crippen molar-refractivity contribution in [3.8, 4) is 0 Å². The number of carboxylic acid groups (broad SMARTS) is 1. The second-order valence-electron chi connectivity index (χ2n) is 3.74. The lowest BCUT2D eigenvalue weighted by atomic mass is 10.2. The first-order valence-electron chi connectivity index (χ1n) is 5.51. The van der Waals surface area contributed by atoms with E-state index in [1.807, 2.05) is 0 Å². The van der Waals surface area contributed by atoms with Gasteiger partial charge in [-0.15, -0.1) is 0 Å². The summed E-state index contributed by atoms with van der Waals surface area (Å²) in [5, 5.41) is 8.75. The Labute approximate surface area is 105 Å². The van der Waals surface area contributed by atoms with Crippen LogP contribution in [0, 0.1) is 0 Å². The van der Waals surface area contributed by atoms with Crippen molar-refractivity contribution in [2.75, 3.05) is 26.8 Å². The highest BCUT2D eigenvalue weighted by Crippen LogP contribution is 2.01. The molecular weight excluding hydrogens is 236 g/mol. The molecule has 1 aromatic heterocycles. The van der Waals surface area contributed by atoms with Gasteiger partial charge in [0, 0.05) is 26.0 Å². The monoisotopic (exact) mass is 252 g/mol. The largest absolute Gasteiger partial charge is 0.480 e. The zero-order valence-electron chi connectivity index (χ0n) is 10.2. The molecule has 0 aromatic carbocycles. The zero-order valence-corrected chi connectivity index (χ0v) is 10.2. The van der Waals surface area contributed by atoms with E-state index in [-0.39, 0.29) is 25.4 Å². The van der Waals surface area contributed by atoms with E-state index in [1.165, 1.54) is 12.0 Å². The van der Waals surface area contributed by atoms with E-state index in [4.69, 9.17) is 9.84 Å². The Balaban J connectivity index is 2.60. The van der Waals surface area contributed by atoms with Crippen LogP contribution in [-0.2, 0) is 20.7 Å². The average Bonchev–Trinajstić information content (AvgIpc) is 2.35. The van der Waals surface area contributed by atoms with Crippen LogP contribution < -0.4 is 0 Å². The number of hydrogen-bond acceptors (Lipinski definition) is 4. The minimum Gasteiger partial charge on any atom is -0.480 e. The van der Waals surface area contributed by atoms with Crippen molar-refractivity contribution >= 4 is 11.9 Å². The van der Waals surface area contributed by atoms with Gasteiger partial charge < -0.3 is 14.7 Å². The van der Waals surface area contributed by atoms with Gasteiger partial charge in [-0.3, -0.25) is 14.6 Å². The van der Waals surface area contributed by atoms with E-state index in [9.17, 15) is 9.59 Å². The van der Waals surface area contributed by atoms with E-state index < -0.39 is 5.97 Å². The van der Waals surface area contributed by atoms with Crippen LogP contribution in [0.25, 0.3) is 0 Å². The third-order valence-corrected chi connectivity index (χ3v) is 2.32. The zero-order chi connectivity index (χ0) is 13.4. The van der Waals surface area contributed by atoms with Crippen molar-refractivity contribution in [1.29, 1.82) is 0 Å². The maximum absolute atomic E-state index is 11.9. The molecule has 1 N–H and O–H groups in total. The number of nitrogens with zero attached hydrogens (tertiary/aromatic N) is 2. The highest BCUT2D eigenvalue weighted by molar-refractivity contribution is 5.82. The molecule has 0 fully saturated rings. The predicted octanol–water partition coefficient (Wildman–Crippen LogP) is 0.184. The lowest BCUT2D eigenvalue weighted by Gasteiger charge is -2.20. The smallest absolute Gasteiger partial charge is 0.323 e. The molecule has 0 spiro atoms. The predicted molar refractivity (Wildman–Crippen MR) is 64.0 cm³/mol. The third-order valence-electron chi connectivity index (χ3n) is 2.32. The van der Waals surface area contributed by atoms with Gasteiger partial charge >= 0.3 is 5.97 Å². The van der Waals surface area contributed by atoms with Gasteiger partial charge in [0.25, 0.3) is 0 Å². The first-order chi connectivity index (χ1) is 8.63. The maximum Gasteiger partial charge on any atom is 0.323 e. The van der Waals surface area contributed by atoms with Gasteiger partial charge in [0.05, 0.1) is 13.0 Å². The van der Waals surface area contributed by atoms with Gasteiger partial charge in [0.1, 0.15) is 6.54 Å². The van der Waals surface area contributed by atoms with Crippen LogP contribution in [0.15, 0.2) is 24.5 Å². The summed E-state index contributed by atoms with van der Waals surface area (Å²) in [6.45, 7) is 0.260. The van der Waals surface area contributed by atoms with Gasteiger partial charge in [-0.2, -0.15) is 0 Å². The molecule has 0 saturated carbocycles. The van der Waals surface area contributed by atoms with Gasteiger partial charge in [-0.25, -0.2) is 0 Å². The molecule has 0 radical (unpaired) electrons.